The van der Waals surface area contributed by atoms with Crippen LogP contribution in [0.3, 0.4) is 0 Å². The predicted molar refractivity (Wildman–Crippen MR) is 106 cm³/mol. The van der Waals surface area contributed by atoms with Crippen molar-refractivity contribution in [2.24, 2.45) is 0 Å². The normalized spacial score (nSPS) is 16.8. The Hall–Kier alpha value is -3.15. The number of methoxy groups -OCH3 is 1. The lowest BCUT2D eigenvalue weighted by atomic mass is 10.0. The van der Waals surface area contributed by atoms with Gasteiger partial charge in [0.05, 0.1) is 20.1 Å². The molecule has 144 valence electrons. The molecule has 6 heteroatoms. The van der Waals surface area contributed by atoms with Gasteiger partial charge in [0.1, 0.15) is 6.10 Å². The minimum atomic E-state index is -0.0760. The molecule has 1 aromatic heterocycles. The summed E-state index contributed by atoms with van der Waals surface area (Å²) in [5.41, 5.74) is 1.06. The summed E-state index contributed by atoms with van der Waals surface area (Å²) >= 11 is 0. The van der Waals surface area contributed by atoms with E-state index in [4.69, 9.17) is 9.47 Å². The molecule has 1 aliphatic rings. The number of piperidine rings is 1. The molecule has 0 N–H and O–H groups in total. The number of amides is 1. The number of hydrogen-bond acceptors (Lipinski definition) is 5. The van der Waals surface area contributed by atoms with E-state index in [9.17, 15) is 4.79 Å². The average molecular weight is 377 g/mol. The van der Waals surface area contributed by atoms with Gasteiger partial charge in [0.25, 0.3) is 0 Å². The molecule has 28 heavy (non-hydrogen) atoms. The first-order valence-electron chi connectivity index (χ1n) is 9.52. The second-order valence-corrected chi connectivity index (χ2v) is 6.95. The molecule has 6 nitrogen and oxygen atoms in total. The van der Waals surface area contributed by atoms with E-state index in [-0.39, 0.29) is 12.0 Å². The van der Waals surface area contributed by atoms with E-state index in [1.165, 1.54) is 0 Å². The van der Waals surface area contributed by atoms with E-state index in [1.807, 2.05) is 29.2 Å². The maximum Gasteiger partial charge on any atom is 0.233 e. The minimum Gasteiger partial charge on any atom is -0.480 e. The van der Waals surface area contributed by atoms with Crippen LogP contribution in [0.1, 0.15) is 18.4 Å². The summed E-state index contributed by atoms with van der Waals surface area (Å²) in [6, 6.07) is 17.7. The van der Waals surface area contributed by atoms with Crippen molar-refractivity contribution in [1.29, 1.82) is 0 Å². The molecule has 2 aromatic carbocycles. The third-order valence-corrected chi connectivity index (χ3v) is 5.06. The maximum absolute atomic E-state index is 12.9. The van der Waals surface area contributed by atoms with Crippen LogP contribution in [-0.4, -0.2) is 47.3 Å². The summed E-state index contributed by atoms with van der Waals surface area (Å²) in [4.78, 5) is 14.8. The SMILES string of the molecule is COc1ccc(OC2CCCN(C(=O)Cc3cccc4ccccc34)C2)nn1. The van der Waals surface area contributed by atoms with Crippen molar-refractivity contribution in [2.75, 3.05) is 20.2 Å². The zero-order valence-corrected chi connectivity index (χ0v) is 15.9. The molecule has 3 aromatic rings. The zero-order valence-electron chi connectivity index (χ0n) is 15.9. The molecule has 1 unspecified atom stereocenters. The lowest BCUT2D eigenvalue weighted by Crippen LogP contribution is -2.45. The maximum atomic E-state index is 12.9. The molecule has 0 radical (unpaired) electrons. The van der Waals surface area contributed by atoms with Crippen LogP contribution in [0, 0.1) is 0 Å². The fourth-order valence-corrected chi connectivity index (χ4v) is 3.63. The Morgan fingerprint density at radius 2 is 1.86 bits per heavy atom. The van der Waals surface area contributed by atoms with Gasteiger partial charge in [-0.3, -0.25) is 4.79 Å². The number of carbonyl (C=O) groups is 1. The van der Waals surface area contributed by atoms with E-state index in [0.717, 1.165) is 35.7 Å². The molecule has 1 aliphatic heterocycles. The van der Waals surface area contributed by atoms with Gasteiger partial charge >= 0.3 is 0 Å². The van der Waals surface area contributed by atoms with Crippen LogP contribution in [0.15, 0.2) is 54.6 Å². The molecule has 1 saturated heterocycles. The molecule has 0 saturated carbocycles. The highest BCUT2D eigenvalue weighted by Crippen LogP contribution is 2.22. The van der Waals surface area contributed by atoms with Crippen molar-refractivity contribution in [3.63, 3.8) is 0 Å². The van der Waals surface area contributed by atoms with Gasteiger partial charge in [-0.1, -0.05) is 42.5 Å². The van der Waals surface area contributed by atoms with Crippen molar-refractivity contribution < 1.29 is 14.3 Å². The fraction of sp³-hybridized carbons (Fsp3) is 0.318. The molecule has 0 aliphatic carbocycles. The summed E-state index contributed by atoms with van der Waals surface area (Å²) in [6.45, 7) is 1.33. The van der Waals surface area contributed by atoms with Crippen molar-refractivity contribution >= 4 is 16.7 Å². The largest absolute Gasteiger partial charge is 0.480 e. The van der Waals surface area contributed by atoms with E-state index >= 15 is 0 Å². The van der Waals surface area contributed by atoms with Gasteiger partial charge in [-0.15, -0.1) is 10.2 Å². The number of nitrogens with zero attached hydrogens (tertiary/aromatic N) is 3. The third-order valence-electron chi connectivity index (χ3n) is 5.06. The molecular weight excluding hydrogens is 354 g/mol. The van der Waals surface area contributed by atoms with Crippen LogP contribution in [-0.2, 0) is 11.2 Å². The number of carbonyl (C=O) groups excluding carboxylic acids is 1. The first kappa shape index (κ1) is 18.2. The number of ether oxygens (including phenoxy) is 2. The molecule has 0 spiro atoms. The average Bonchev–Trinajstić information content (AvgIpc) is 2.75. The number of fused-ring (bicyclic) bond motifs is 1. The topological polar surface area (TPSA) is 64.6 Å². The molecule has 2 heterocycles. The van der Waals surface area contributed by atoms with E-state index < -0.39 is 0 Å². The monoisotopic (exact) mass is 377 g/mol. The highest BCUT2D eigenvalue weighted by Gasteiger charge is 2.25. The number of hydrogen-bond donors (Lipinski definition) is 0. The van der Waals surface area contributed by atoms with Gasteiger partial charge in [-0.2, -0.15) is 0 Å². The van der Waals surface area contributed by atoms with Gasteiger partial charge in [0.2, 0.25) is 17.7 Å². The predicted octanol–water partition coefficient (Wildman–Crippen LogP) is 3.25. The van der Waals surface area contributed by atoms with E-state index in [2.05, 4.69) is 28.4 Å². The van der Waals surface area contributed by atoms with Crippen molar-refractivity contribution in [3.8, 4) is 11.8 Å². The van der Waals surface area contributed by atoms with Gasteiger partial charge in [0, 0.05) is 18.7 Å². The van der Waals surface area contributed by atoms with Crippen LogP contribution in [0.2, 0.25) is 0 Å². The van der Waals surface area contributed by atoms with Crippen LogP contribution in [0.25, 0.3) is 10.8 Å². The summed E-state index contributed by atoms with van der Waals surface area (Å²) < 4.78 is 10.9. The summed E-state index contributed by atoms with van der Waals surface area (Å²) in [6.07, 6.45) is 2.13. The Bertz CT molecular complexity index is 953. The van der Waals surface area contributed by atoms with Crippen LogP contribution in [0.4, 0.5) is 0 Å². The summed E-state index contributed by atoms with van der Waals surface area (Å²) in [7, 11) is 1.55. The first-order chi connectivity index (χ1) is 13.7. The number of likely N-dealkylation sites (tertiary alicyclic amines) is 1. The molecule has 1 fully saturated rings. The Morgan fingerprint density at radius 1 is 1.07 bits per heavy atom. The van der Waals surface area contributed by atoms with Gasteiger partial charge in [-0.25, -0.2) is 0 Å². The highest BCUT2D eigenvalue weighted by atomic mass is 16.5. The summed E-state index contributed by atoms with van der Waals surface area (Å²) in [5.74, 6) is 1.03. The first-order valence-corrected chi connectivity index (χ1v) is 9.52. The second-order valence-electron chi connectivity index (χ2n) is 6.95. The fourth-order valence-electron chi connectivity index (χ4n) is 3.63. The molecule has 1 atom stereocenters. The van der Waals surface area contributed by atoms with Crippen molar-refractivity contribution in [3.05, 3.63) is 60.2 Å². The minimum absolute atomic E-state index is 0.0760. The quantitative estimate of drug-likeness (QED) is 0.683. The third kappa shape index (κ3) is 4.06. The number of rotatable bonds is 5. The zero-order chi connectivity index (χ0) is 19.3. The van der Waals surface area contributed by atoms with Gasteiger partial charge < -0.3 is 14.4 Å². The Kier molecular flexibility index (Phi) is 5.37. The Morgan fingerprint density at radius 3 is 2.68 bits per heavy atom. The summed E-state index contributed by atoms with van der Waals surface area (Å²) in [5, 5.41) is 10.2. The molecular formula is C22H23N3O3. The highest BCUT2D eigenvalue weighted by molar-refractivity contribution is 5.90. The molecule has 0 bridgehead atoms. The lowest BCUT2D eigenvalue weighted by Gasteiger charge is -2.32. The van der Waals surface area contributed by atoms with Gasteiger partial charge in [0.15, 0.2) is 0 Å². The van der Waals surface area contributed by atoms with Crippen LogP contribution in [0.5, 0.6) is 11.8 Å². The Labute approximate surface area is 164 Å². The van der Waals surface area contributed by atoms with Gasteiger partial charge in [-0.05, 0) is 29.2 Å². The van der Waals surface area contributed by atoms with Crippen LogP contribution >= 0.6 is 0 Å². The molecule has 1 amide bonds. The van der Waals surface area contributed by atoms with E-state index in [0.29, 0.717) is 24.7 Å². The number of aromatic nitrogens is 2. The second kappa shape index (κ2) is 8.25. The molecule has 4 rings (SSSR count). The van der Waals surface area contributed by atoms with Crippen LogP contribution < -0.4 is 9.47 Å². The van der Waals surface area contributed by atoms with Crippen molar-refractivity contribution in [1.82, 2.24) is 15.1 Å². The lowest BCUT2D eigenvalue weighted by molar-refractivity contribution is -0.133. The standard InChI is InChI=1S/C22H23N3O3/c1-27-20-11-12-21(24-23-20)28-18-9-5-13-25(15-18)22(26)14-17-8-4-7-16-6-2-3-10-19(16)17/h2-4,6-8,10-12,18H,5,9,13-15H2,1H3. The van der Waals surface area contributed by atoms with Crippen molar-refractivity contribution in [2.45, 2.75) is 25.4 Å². The van der Waals surface area contributed by atoms with E-state index in [1.54, 1.807) is 19.2 Å². The Balaban J connectivity index is 1.41. The number of benzene rings is 2. The smallest absolute Gasteiger partial charge is 0.233 e.